The van der Waals surface area contributed by atoms with E-state index in [0.717, 1.165) is 33.2 Å². The molecule has 1 heterocycles. The number of pyridine rings is 1. The minimum Gasteiger partial charge on any atom is -0.256 e. The van der Waals surface area contributed by atoms with Gasteiger partial charge in [-0.1, -0.05) is 31.2 Å². The number of nitrogens with zero attached hydrogens (tertiary/aromatic N) is 1. The smallest absolute Gasteiger partial charge is 0.127 e. The molecule has 2 heteroatoms. The monoisotopic (exact) mass is 279 g/mol. The molecule has 0 saturated heterocycles. The van der Waals surface area contributed by atoms with E-state index in [-0.39, 0.29) is 11.7 Å². The molecule has 2 aromatic carbocycles. The molecule has 1 nitrogen and oxygen atoms in total. The zero-order valence-electron chi connectivity index (χ0n) is 12.5. The van der Waals surface area contributed by atoms with Gasteiger partial charge in [-0.2, -0.15) is 0 Å². The van der Waals surface area contributed by atoms with Crippen LogP contribution >= 0.6 is 0 Å². The molecule has 0 aliphatic heterocycles. The maximum Gasteiger partial charge on any atom is 0.127 e. The van der Waals surface area contributed by atoms with Gasteiger partial charge < -0.3 is 0 Å². The normalized spacial score (nSPS) is 12.6. The fourth-order valence-corrected chi connectivity index (χ4v) is 2.97. The molecule has 1 unspecified atom stereocenters. The molecule has 1 atom stereocenters. The first kappa shape index (κ1) is 13.7. The summed E-state index contributed by atoms with van der Waals surface area (Å²) in [4.78, 5) is 4.48. The molecule has 0 spiro atoms. The summed E-state index contributed by atoms with van der Waals surface area (Å²) >= 11 is 0. The largest absolute Gasteiger partial charge is 0.256 e. The van der Waals surface area contributed by atoms with Crippen molar-refractivity contribution in [2.45, 2.75) is 26.7 Å². The molecule has 0 aliphatic rings. The molecule has 0 bridgehead atoms. The van der Waals surface area contributed by atoms with Gasteiger partial charge in [0.25, 0.3) is 0 Å². The van der Waals surface area contributed by atoms with Crippen LogP contribution in [0.4, 0.5) is 4.39 Å². The second-order valence-corrected chi connectivity index (χ2v) is 5.66. The van der Waals surface area contributed by atoms with Gasteiger partial charge in [-0.15, -0.1) is 0 Å². The van der Waals surface area contributed by atoms with E-state index < -0.39 is 0 Å². The number of aromatic nitrogens is 1. The standard InChI is InChI=1S/C19H18FN/c1-12-8-13(2)19(17(20)9-12)14(3)16-10-15-6-4-5-7-18(15)21-11-16/h4-11,14H,1-3H3. The van der Waals surface area contributed by atoms with Gasteiger partial charge in [0.2, 0.25) is 0 Å². The molecule has 0 N–H and O–H groups in total. The van der Waals surface area contributed by atoms with Gasteiger partial charge in [-0.25, -0.2) is 4.39 Å². The lowest BCUT2D eigenvalue weighted by atomic mass is 9.89. The van der Waals surface area contributed by atoms with Crippen molar-refractivity contribution in [3.05, 3.63) is 76.7 Å². The van der Waals surface area contributed by atoms with Gasteiger partial charge in [0.1, 0.15) is 5.82 Å². The summed E-state index contributed by atoms with van der Waals surface area (Å²) < 4.78 is 14.3. The lowest BCUT2D eigenvalue weighted by Gasteiger charge is -2.17. The lowest BCUT2D eigenvalue weighted by Crippen LogP contribution is -2.03. The number of rotatable bonds is 2. The molecule has 106 valence electrons. The van der Waals surface area contributed by atoms with Crippen LogP contribution in [-0.4, -0.2) is 4.98 Å². The maximum absolute atomic E-state index is 14.3. The van der Waals surface area contributed by atoms with E-state index >= 15 is 0 Å². The number of benzene rings is 2. The fraction of sp³-hybridized carbons (Fsp3) is 0.211. The summed E-state index contributed by atoms with van der Waals surface area (Å²) in [5.74, 6) is -0.143. The van der Waals surface area contributed by atoms with Crippen LogP contribution in [0.25, 0.3) is 10.9 Å². The van der Waals surface area contributed by atoms with Crippen LogP contribution in [-0.2, 0) is 0 Å². The zero-order valence-corrected chi connectivity index (χ0v) is 12.5. The Morgan fingerprint density at radius 3 is 2.57 bits per heavy atom. The Balaban J connectivity index is 2.10. The summed E-state index contributed by atoms with van der Waals surface area (Å²) in [6.45, 7) is 5.92. The predicted molar refractivity (Wildman–Crippen MR) is 85.1 cm³/mol. The van der Waals surface area contributed by atoms with Gasteiger partial charge in [-0.3, -0.25) is 4.98 Å². The highest BCUT2D eigenvalue weighted by Gasteiger charge is 2.17. The highest BCUT2D eigenvalue weighted by molar-refractivity contribution is 5.79. The van der Waals surface area contributed by atoms with E-state index in [1.54, 1.807) is 6.07 Å². The minimum atomic E-state index is -0.131. The van der Waals surface area contributed by atoms with E-state index in [4.69, 9.17) is 0 Å². The Hall–Kier alpha value is -2.22. The van der Waals surface area contributed by atoms with Gasteiger partial charge in [0, 0.05) is 17.5 Å². The molecule has 0 radical (unpaired) electrons. The third-order valence-corrected chi connectivity index (χ3v) is 4.03. The van der Waals surface area contributed by atoms with E-state index in [1.807, 2.05) is 57.3 Å². The number of fused-ring (bicyclic) bond motifs is 1. The number of hydrogen-bond donors (Lipinski definition) is 0. The maximum atomic E-state index is 14.3. The van der Waals surface area contributed by atoms with Gasteiger partial charge in [0.05, 0.1) is 5.52 Å². The second kappa shape index (κ2) is 5.28. The van der Waals surface area contributed by atoms with Crippen LogP contribution in [0.2, 0.25) is 0 Å². The Kier molecular flexibility index (Phi) is 3.46. The zero-order chi connectivity index (χ0) is 15.0. The molecule has 3 aromatic rings. The molecule has 0 aliphatic carbocycles. The third kappa shape index (κ3) is 2.54. The topological polar surface area (TPSA) is 12.9 Å². The average molecular weight is 279 g/mol. The van der Waals surface area contributed by atoms with Crippen LogP contribution in [0.15, 0.2) is 48.7 Å². The second-order valence-electron chi connectivity index (χ2n) is 5.66. The van der Waals surface area contributed by atoms with Crippen molar-refractivity contribution in [3.63, 3.8) is 0 Å². The molecule has 21 heavy (non-hydrogen) atoms. The van der Waals surface area contributed by atoms with E-state index in [9.17, 15) is 4.39 Å². The van der Waals surface area contributed by atoms with Crippen LogP contribution in [0.1, 0.15) is 35.1 Å². The minimum absolute atomic E-state index is 0.0114. The number of halogens is 1. The van der Waals surface area contributed by atoms with Gasteiger partial charge in [-0.05, 0) is 54.3 Å². The van der Waals surface area contributed by atoms with Gasteiger partial charge >= 0.3 is 0 Å². The molecule has 0 fully saturated rings. The quantitative estimate of drug-likeness (QED) is 0.632. The van der Waals surface area contributed by atoms with Crippen molar-refractivity contribution in [1.29, 1.82) is 0 Å². The van der Waals surface area contributed by atoms with Crippen LogP contribution in [0, 0.1) is 19.7 Å². The summed E-state index contributed by atoms with van der Waals surface area (Å²) in [6.07, 6.45) is 1.85. The van der Waals surface area contributed by atoms with Crippen molar-refractivity contribution in [2.75, 3.05) is 0 Å². The summed E-state index contributed by atoms with van der Waals surface area (Å²) in [5, 5.41) is 1.09. The molecule has 0 amide bonds. The first-order valence-electron chi connectivity index (χ1n) is 7.17. The van der Waals surface area contributed by atoms with E-state index in [1.165, 1.54) is 0 Å². The van der Waals surface area contributed by atoms with Crippen molar-refractivity contribution >= 4 is 10.9 Å². The summed E-state index contributed by atoms with van der Waals surface area (Å²) in [6, 6.07) is 13.7. The molecular weight excluding hydrogens is 261 g/mol. The van der Waals surface area contributed by atoms with Crippen LogP contribution in [0.5, 0.6) is 0 Å². The molecule has 1 aromatic heterocycles. The van der Waals surface area contributed by atoms with Crippen molar-refractivity contribution in [3.8, 4) is 0 Å². The first-order valence-corrected chi connectivity index (χ1v) is 7.17. The number of aryl methyl sites for hydroxylation is 2. The van der Waals surface area contributed by atoms with Crippen LogP contribution in [0.3, 0.4) is 0 Å². The van der Waals surface area contributed by atoms with E-state index in [2.05, 4.69) is 11.1 Å². The molecule has 0 saturated carbocycles. The molecule has 3 rings (SSSR count). The first-order chi connectivity index (χ1) is 10.1. The summed E-state index contributed by atoms with van der Waals surface area (Å²) in [5.41, 5.74) is 4.72. The SMILES string of the molecule is Cc1cc(C)c(C(C)c2cnc3ccccc3c2)c(F)c1. The highest BCUT2D eigenvalue weighted by Crippen LogP contribution is 2.30. The van der Waals surface area contributed by atoms with Crippen LogP contribution < -0.4 is 0 Å². The Labute approximate surface area is 124 Å². The van der Waals surface area contributed by atoms with Crippen molar-refractivity contribution < 1.29 is 4.39 Å². The fourth-order valence-electron chi connectivity index (χ4n) is 2.97. The van der Waals surface area contributed by atoms with Crippen molar-refractivity contribution in [2.24, 2.45) is 0 Å². The Morgan fingerprint density at radius 1 is 1.05 bits per heavy atom. The van der Waals surface area contributed by atoms with Gasteiger partial charge in [0.15, 0.2) is 0 Å². The highest BCUT2D eigenvalue weighted by atomic mass is 19.1. The third-order valence-electron chi connectivity index (χ3n) is 4.03. The number of para-hydroxylation sites is 1. The number of hydrogen-bond acceptors (Lipinski definition) is 1. The lowest BCUT2D eigenvalue weighted by molar-refractivity contribution is 0.599. The predicted octanol–water partition coefficient (Wildman–Crippen LogP) is 5.14. The summed E-state index contributed by atoms with van der Waals surface area (Å²) in [7, 11) is 0. The Bertz CT molecular complexity index is 785. The molecular formula is C19H18FN. The average Bonchev–Trinajstić information content (AvgIpc) is 2.45. The Morgan fingerprint density at radius 2 is 1.81 bits per heavy atom. The van der Waals surface area contributed by atoms with Crippen molar-refractivity contribution in [1.82, 2.24) is 4.98 Å². The van der Waals surface area contributed by atoms with E-state index in [0.29, 0.717) is 0 Å².